The van der Waals surface area contributed by atoms with Crippen molar-refractivity contribution < 1.29 is 14.2 Å². The first-order valence-corrected chi connectivity index (χ1v) is 3.97. The molecule has 0 atom stereocenters. The second-order valence-electron chi connectivity index (χ2n) is 2.06. The van der Waals surface area contributed by atoms with E-state index in [1.54, 1.807) is 7.11 Å². The molecular weight excluding hydrogens is 160 g/mol. The molecule has 2 N–H and O–H groups in total. The fourth-order valence-electron chi connectivity index (χ4n) is 0.555. The Hall–Kier alpha value is -0.200. The predicted octanol–water partition coefficient (Wildman–Crippen LogP) is -0.305. The molecule has 12 heavy (non-hydrogen) atoms. The van der Waals surface area contributed by atoms with Gasteiger partial charge in [-0.1, -0.05) is 0 Å². The van der Waals surface area contributed by atoms with Crippen LogP contribution in [-0.2, 0) is 14.2 Å². The Balaban J connectivity index is 2.73. The maximum absolute atomic E-state index is 5.10. The van der Waals surface area contributed by atoms with Crippen LogP contribution < -0.4 is 10.6 Å². The van der Waals surface area contributed by atoms with E-state index in [9.17, 15) is 0 Å². The average Bonchev–Trinajstić information content (AvgIpc) is 2.10. The molecule has 0 bridgehead atoms. The minimum absolute atomic E-state index is 0.479. The van der Waals surface area contributed by atoms with Gasteiger partial charge in [-0.05, 0) is 6.92 Å². The quantitative estimate of drug-likeness (QED) is 0.375. The summed E-state index contributed by atoms with van der Waals surface area (Å²) in [5.41, 5.74) is 0. The SMILES string of the molecule is CCOCNCOCNCOC. The number of hydrogen-bond acceptors (Lipinski definition) is 5. The minimum Gasteiger partial charge on any atom is -0.369 e. The summed E-state index contributed by atoms with van der Waals surface area (Å²) >= 11 is 0. The molecule has 5 heteroatoms. The molecule has 0 aromatic carbocycles. The Kier molecular flexibility index (Phi) is 10.6. The highest BCUT2D eigenvalue weighted by molar-refractivity contribution is 4.26. The van der Waals surface area contributed by atoms with Gasteiger partial charge < -0.3 is 14.2 Å². The zero-order valence-electron chi connectivity index (χ0n) is 7.76. The van der Waals surface area contributed by atoms with Gasteiger partial charge in [-0.2, -0.15) is 0 Å². The van der Waals surface area contributed by atoms with Crippen LogP contribution in [0.15, 0.2) is 0 Å². The summed E-state index contributed by atoms with van der Waals surface area (Å²) in [6.45, 7) is 4.66. The first kappa shape index (κ1) is 11.8. The fourth-order valence-corrected chi connectivity index (χ4v) is 0.555. The highest BCUT2D eigenvalue weighted by Gasteiger charge is 1.85. The topological polar surface area (TPSA) is 51.8 Å². The second-order valence-corrected chi connectivity index (χ2v) is 2.06. The van der Waals surface area contributed by atoms with E-state index in [0.717, 1.165) is 6.61 Å². The molecule has 0 aliphatic heterocycles. The van der Waals surface area contributed by atoms with Crippen LogP contribution in [0.25, 0.3) is 0 Å². The van der Waals surface area contributed by atoms with Crippen LogP contribution in [0, 0.1) is 0 Å². The summed E-state index contributed by atoms with van der Waals surface area (Å²) in [4.78, 5) is 0. The van der Waals surface area contributed by atoms with Crippen molar-refractivity contribution >= 4 is 0 Å². The lowest BCUT2D eigenvalue weighted by Crippen LogP contribution is -2.26. The van der Waals surface area contributed by atoms with Crippen LogP contribution in [0.2, 0.25) is 0 Å². The summed E-state index contributed by atoms with van der Waals surface area (Å²) in [6.07, 6.45) is 0. The maximum atomic E-state index is 5.10. The summed E-state index contributed by atoms with van der Waals surface area (Å²) < 4.78 is 14.9. The number of rotatable bonds is 9. The zero-order valence-corrected chi connectivity index (χ0v) is 7.76. The van der Waals surface area contributed by atoms with Gasteiger partial charge in [-0.3, -0.25) is 10.6 Å². The molecule has 0 saturated carbocycles. The third-order valence-electron chi connectivity index (χ3n) is 1.06. The van der Waals surface area contributed by atoms with E-state index in [-0.39, 0.29) is 0 Å². The van der Waals surface area contributed by atoms with E-state index in [4.69, 9.17) is 14.2 Å². The van der Waals surface area contributed by atoms with E-state index in [2.05, 4.69) is 10.6 Å². The van der Waals surface area contributed by atoms with E-state index in [1.165, 1.54) is 0 Å². The summed E-state index contributed by atoms with van der Waals surface area (Å²) in [5.74, 6) is 0. The van der Waals surface area contributed by atoms with Crippen molar-refractivity contribution in [2.24, 2.45) is 0 Å². The van der Waals surface area contributed by atoms with E-state index in [0.29, 0.717) is 26.9 Å². The van der Waals surface area contributed by atoms with Crippen LogP contribution in [0.4, 0.5) is 0 Å². The Morgan fingerprint density at radius 3 is 2.08 bits per heavy atom. The molecule has 0 fully saturated rings. The summed E-state index contributed by atoms with van der Waals surface area (Å²) in [6, 6.07) is 0. The van der Waals surface area contributed by atoms with Gasteiger partial charge in [-0.15, -0.1) is 0 Å². The van der Waals surface area contributed by atoms with Gasteiger partial charge in [0.25, 0.3) is 0 Å². The molecule has 0 amide bonds. The van der Waals surface area contributed by atoms with Gasteiger partial charge in [0.05, 0.1) is 13.5 Å². The summed E-state index contributed by atoms with van der Waals surface area (Å²) in [5, 5.41) is 5.84. The van der Waals surface area contributed by atoms with E-state index >= 15 is 0 Å². The number of methoxy groups -OCH3 is 1. The van der Waals surface area contributed by atoms with Gasteiger partial charge in [0.1, 0.15) is 13.5 Å². The van der Waals surface area contributed by atoms with Crippen LogP contribution in [-0.4, -0.2) is 40.6 Å². The van der Waals surface area contributed by atoms with Crippen LogP contribution in [0.3, 0.4) is 0 Å². The molecule has 0 saturated heterocycles. The monoisotopic (exact) mass is 178 g/mol. The smallest absolute Gasteiger partial charge is 0.100 e. The Bertz CT molecular complexity index is 73.1. The van der Waals surface area contributed by atoms with Gasteiger partial charge in [0, 0.05) is 13.7 Å². The number of nitrogens with one attached hydrogen (secondary N) is 2. The fraction of sp³-hybridized carbons (Fsp3) is 1.00. The lowest BCUT2D eigenvalue weighted by atomic mass is 10.9. The molecule has 5 nitrogen and oxygen atoms in total. The molecule has 74 valence electrons. The highest BCUT2D eigenvalue weighted by Crippen LogP contribution is 1.70. The summed E-state index contributed by atoms with van der Waals surface area (Å²) in [7, 11) is 1.63. The Morgan fingerprint density at radius 1 is 0.917 bits per heavy atom. The average molecular weight is 178 g/mol. The molecule has 0 aliphatic carbocycles. The predicted molar refractivity (Wildman–Crippen MR) is 45.5 cm³/mol. The molecular formula is C7H18N2O3. The molecule has 0 radical (unpaired) electrons. The van der Waals surface area contributed by atoms with Crippen molar-refractivity contribution in [3.63, 3.8) is 0 Å². The van der Waals surface area contributed by atoms with Crippen molar-refractivity contribution in [3.8, 4) is 0 Å². The van der Waals surface area contributed by atoms with Gasteiger partial charge >= 0.3 is 0 Å². The molecule has 0 rings (SSSR count). The molecule has 0 unspecified atom stereocenters. The van der Waals surface area contributed by atoms with Crippen molar-refractivity contribution in [3.05, 3.63) is 0 Å². The molecule has 0 aromatic heterocycles. The zero-order chi connectivity index (χ0) is 9.07. The number of hydrogen-bond donors (Lipinski definition) is 2. The molecule has 0 aliphatic rings. The normalized spacial score (nSPS) is 10.5. The van der Waals surface area contributed by atoms with Gasteiger partial charge in [-0.25, -0.2) is 0 Å². The largest absolute Gasteiger partial charge is 0.369 e. The second kappa shape index (κ2) is 10.8. The lowest BCUT2D eigenvalue weighted by molar-refractivity contribution is 0.0420. The maximum Gasteiger partial charge on any atom is 0.100 e. The Labute approximate surface area is 73.4 Å². The van der Waals surface area contributed by atoms with Crippen LogP contribution in [0.1, 0.15) is 6.92 Å². The van der Waals surface area contributed by atoms with Crippen molar-refractivity contribution in [1.29, 1.82) is 0 Å². The third-order valence-corrected chi connectivity index (χ3v) is 1.06. The highest BCUT2D eigenvalue weighted by atomic mass is 16.5. The first-order chi connectivity index (χ1) is 5.91. The molecule has 0 heterocycles. The van der Waals surface area contributed by atoms with E-state index < -0.39 is 0 Å². The van der Waals surface area contributed by atoms with Gasteiger partial charge in [0.15, 0.2) is 0 Å². The Morgan fingerprint density at radius 2 is 1.50 bits per heavy atom. The van der Waals surface area contributed by atoms with Crippen molar-refractivity contribution in [1.82, 2.24) is 10.6 Å². The van der Waals surface area contributed by atoms with Crippen molar-refractivity contribution in [2.75, 3.05) is 40.6 Å². The number of ether oxygens (including phenoxy) is 3. The van der Waals surface area contributed by atoms with Crippen molar-refractivity contribution in [2.45, 2.75) is 6.92 Å². The minimum atomic E-state index is 0.479. The van der Waals surface area contributed by atoms with Crippen LogP contribution >= 0.6 is 0 Å². The third kappa shape index (κ3) is 9.80. The van der Waals surface area contributed by atoms with Crippen LogP contribution in [0.5, 0.6) is 0 Å². The molecule has 0 spiro atoms. The lowest BCUT2D eigenvalue weighted by Gasteiger charge is -2.06. The molecule has 0 aromatic rings. The van der Waals surface area contributed by atoms with E-state index in [1.807, 2.05) is 6.92 Å². The first-order valence-electron chi connectivity index (χ1n) is 3.97. The van der Waals surface area contributed by atoms with Gasteiger partial charge in [0.2, 0.25) is 0 Å². The standard InChI is InChI=1S/C7H18N2O3/c1-3-11-5-9-7-12-6-8-4-10-2/h8-9H,3-7H2,1-2H3.